The van der Waals surface area contributed by atoms with Gasteiger partial charge in [-0.1, -0.05) is 0 Å². The van der Waals surface area contributed by atoms with E-state index in [0.717, 1.165) is 11.3 Å². The van der Waals surface area contributed by atoms with Gasteiger partial charge in [0.25, 0.3) is 0 Å². The highest BCUT2D eigenvalue weighted by Gasteiger charge is 2.25. The van der Waals surface area contributed by atoms with Gasteiger partial charge in [0.05, 0.1) is 19.0 Å². The van der Waals surface area contributed by atoms with Crippen LogP contribution in [-0.4, -0.2) is 60.2 Å². The zero-order chi connectivity index (χ0) is 21.7. The minimum Gasteiger partial charge on any atom is -0.453 e. The lowest BCUT2D eigenvalue weighted by atomic mass is 10.0. The summed E-state index contributed by atoms with van der Waals surface area (Å²) in [6.45, 7) is 6.22. The van der Waals surface area contributed by atoms with Crippen LogP contribution in [0.15, 0.2) is 36.5 Å². The van der Waals surface area contributed by atoms with E-state index in [0.29, 0.717) is 37.6 Å². The van der Waals surface area contributed by atoms with Crippen molar-refractivity contribution in [2.24, 2.45) is 0 Å². The van der Waals surface area contributed by atoms with Crippen LogP contribution in [0, 0.1) is 12.7 Å². The number of aromatic nitrogens is 1. The summed E-state index contributed by atoms with van der Waals surface area (Å²) in [5, 5.41) is 5.34. The van der Waals surface area contributed by atoms with E-state index < -0.39 is 11.8 Å². The van der Waals surface area contributed by atoms with E-state index in [4.69, 9.17) is 4.74 Å². The summed E-state index contributed by atoms with van der Waals surface area (Å²) in [7, 11) is 1.37. The second-order valence-electron chi connectivity index (χ2n) is 7.21. The molecule has 0 radical (unpaired) electrons. The van der Waals surface area contributed by atoms with Crippen LogP contribution in [0.3, 0.4) is 0 Å². The number of urea groups is 1. The zero-order valence-corrected chi connectivity index (χ0v) is 17.3. The van der Waals surface area contributed by atoms with Crippen molar-refractivity contribution in [3.63, 3.8) is 0 Å². The molecule has 1 aromatic carbocycles. The van der Waals surface area contributed by atoms with E-state index in [-0.39, 0.29) is 12.1 Å². The first-order chi connectivity index (χ1) is 14.4. The summed E-state index contributed by atoms with van der Waals surface area (Å²) in [5.41, 5.74) is 2.50. The molecule has 0 unspecified atom stereocenters. The monoisotopic (exact) mass is 415 g/mol. The molecule has 0 aliphatic carbocycles. The van der Waals surface area contributed by atoms with Gasteiger partial charge in [-0.15, -0.1) is 0 Å². The number of halogens is 1. The van der Waals surface area contributed by atoms with Gasteiger partial charge in [-0.2, -0.15) is 0 Å². The Labute approximate surface area is 175 Å². The van der Waals surface area contributed by atoms with E-state index in [2.05, 4.69) is 20.5 Å². The van der Waals surface area contributed by atoms with E-state index in [1.54, 1.807) is 29.3 Å². The Morgan fingerprint density at radius 3 is 2.43 bits per heavy atom. The molecule has 160 valence electrons. The molecule has 1 atom stereocenters. The maximum atomic E-state index is 14.2. The first kappa shape index (κ1) is 21.5. The highest BCUT2D eigenvalue weighted by atomic mass is 19.1. The Kier molecular flexibility index (Phi) is 6.83. The number of pyridine rings is 1. The SMILES string of the molecule is COC(=O)N1CCN([C@@H](C)c2cc(F)cc(NC(=O)Nc3ccc(C)nc3)c2)CC1. The molecule has 2 heterocycles. The number of hydrogen-bond donors (Lipinski definition) is 2. The van der Waals surface area contributed by atoms with Gasteiger partial charge in [0, 0.05) is 43.6 Å². The Bertz CT molecular complexity index is 898. The normalized spacial score (nSPS) is 15.4. The second-order valence-corrected chi connectivity index (χ2v) is 7.21. The van der Waals surface area contributed by atoms with Gasteiger partial charge in [0.2, 0.25) is 0 Å². The molecule has 2 aromatic rings. The number of piperazine rings is 1. The number of nitrogens with one attached hydrogen (secondary N) is 2. The van der Waals surface area contributed by atoms with Crippen molar-refractivity contribution in [3.05, 3.63) is 53.6 Å². The van der Waals surface area contributed by atoms with Crippen molar-refractivity contribution in [3.8, 4) is 0 Å². The summed E-state index contributed by atoms with van der Waals surface area (Å²) in [6.07, 6.45) is 1.22. The molecule has 1 aliphatic rings. The van der Waals surface area contributed by atoms with Crippen molar-refractivity contribution in [1.29, 1.82) is 0 Å². The molecule has 0 saturated carbocycles. The molecule has 0 bridgehead atoms. The van der Waals surface area contributed by atoms with Gasteiger partial charge in [0.15, 0.2) is 0 Å². The highest BCUT2D eigenvalue weighted by Crippen LogP contribution is 2.26. The van der Waals surface area contributed by atoms with Crippen molar-refractivity contribution in [2.45, 2.75) is 19.9 Å². The van der Waals surface area contributed by atoms with Crippen LogP contribution in [0.5, 0.6) is 0 Å². The van der Waals surface area contributed by atoms with Crippen molar-refractivity contribution < 1.29 is 18.7 Å². The molecule has 1 fully saturated rings. The standard InChI is InChI=1S/C21H26FN5O3/c1-14-4-5-18(13-23-14)24-20(28)25-19-11-16(10-17(22)12-19)15(2)26-6-8-27(9-7-26)21(29)30-3/h4-5,10-13,15H,6-9H2,1-3H3,(H2,24,25,28)/t15-/m0/s1. The lowest BCUT2D eigenvalue weighted by Gasteiger charge is -2.37. The van der Waals surface area contributed by atoms with Crippen molar-refractivity contribution >= 4 is 23.5 Å². The van der Waals surface area contributed by atoms with Gasteiger partial charge >= 0.3 is 12.1 Å². The number of carbonyl (C=O) groups is 2. The highest BCUT2D eigenvalue weighted by molar-refractivity contribution is 5.99. The third kappa shape index (κ3) is 5.44. The average Bonchev–Trinajstić information content (AvgIpc) is 2.74. The fraction of sp³-hybridized carbons (Fsp3) is 0.381. The maximum Gasteiger partial charge on any atom is 0.409 e. The predicted octanol–water partition coefficient (Wildman–Crippen LogP) is 3.62. The molecule has 0 spiro atoms. The van der Waals surface area contributed by atoms with Gasteiger partial charge in [0.1, 0.15) is 5.82 Å². The number of ether oxygens (including phenoxy) is 1. The lowest BCUT2D eigenvalue weighted by molar-refractivity contribution is 0.0777. The molecule has 3 rings (SSSR count). The summed E-state index contributed by atoms with van der Waals surface area (Å²) in [4.78, 5) is 31.8. The summed E-state index contributed by atoms with van der Waals surface area (Å²) < 4.78 is 19.0. The van der Waals surface area contributed by atoms with Crippen LogP contribution in [0.4, 0.5) is 25.4 Å². The number of aryl methyl sites for hydroxylation is 1. The molecule has 1 aromatic heterocycles. The van der Waals surface area contributed by atoms with Gasteiger partial charge in [-0.3, -0.25) is 9.88 Å². The molecule has 1 saturated heterocycles. The maximum absolute atomic E-state index is 14.2. The number of rotatable bonds is 4. The van der Waals surface area contributed by atoms with Crippen LogP contribution in [0.2, 0.25) is 0 Å². The Morgan fingerprint density at radius 2 is 1.80 bits per heavy atom. The minimum absolute atomic E-state index is 0.0783. The lowest BCUT2D eigenvalue weighted by Crippen LogP contribution is -2.49. The van der Waals surface area contributed by atoms with Crippen LogP contribution in [0.1, 0.15) is 24.2 Å². The van der Waals surface area contributed by atoms with Crippen LogP contribution < -0.4 is 10.6 Å². The number of nitrogens with zero attached hydrogens (tertiary/aromatic N) is 3. The third-order valence-corrected chi connectivity index (χ3v) is 5.12. The zero-order valence-electron chi connectivity index (χ0n) is 17.3. The smallest absolute Gasteiger partial charge is 0.409 e. The molecular weight excluding hydrogens is 389 g/mol. The molecular formula is C21H26FN5O3. The molecule has 1 aliphatic heterocycles. The van der Waals surface area contributed by atoms with Crippen LogP contribution >= 0.6 is 0 Å². The molecule has 30 heavy (non-hydrogen) atoms. The molecule has 3 amide bonds. The van der Waals surface area contributed by atoms with Crippen molar-refractivity contribution in [1.82, 2.24) is 14.8 Å². The van der Waals surface area contributed by atoms with Gasteiger partial charge in [-0.05, 0) is 49.7 Å². The Balaban J connectivity index is 1.63. The van der Waals surface area contributed by atoms with E-state index in [1.165, 1.54) is 19.2 Å². The first-order valence-electron chi connectivity index (χ1n) is 9.74. The Morgan fingerprint density at radius 1 is 1.10 bits per heavy atom. The van der Waals surface area contributed by atoms with Gasteiger partial charge < -0.3 is 20.3 Å². The number of anilines is 2. The minimum atomic E-state index is -0.475. The second kappa shape index (κ2) is 9.53. The van der Waals surface area contributed by atoms with E-state index in [1.807, 2.05) is 13.8 Å². The van der Waals surface area contributed by atoms with Crippen LogP contribution in [-0.2, 0) is 4.74 Å². The first-order valence-corrected chi connectivity index (χ1v) is 9.74. The number of carbonyl (C=O) groups excluding carboxylic acids is 2. The fourth-order valence-electron chi connectivity index (χ4n) is 3.39. The average molecular weight is 415 g/mol. The van der Waals surface area contributed by atoms with E-state index >= 15 is 0 Å². The van der Waals surface area contributed by atoms with Crippen molar-refractivity contribution in [2.75, 3.05) is 43.9 Å². The number of hydrogen-bond acceptors (Lipinski definition) is 5. The number of amides is 3. The Hall–Kier alpha value is -3.20. The fourth-order valence-corrected chi connectivity index (χ4v) is 3.39. The quantitative estimate of drug-likeness (QED) is 0.797. The third-order valence-electron chi connectivity index (χ3n) is 5.12. The van der Waals surface area contributed by atoms with Gasteiger partial charge in [-0.25, -0.2) is 14.0 Å². The number of benzene rings is 1. The van der Waals surface area contributed by atoms with E-state index in [9.17, 15) is 14.0 Å². The molecule has 2 N–H and O–H groups in total. The summed E-state index contributed by atoms with van der Waals surface area (Å²) >= 11 is 0. The predicted molar refractivity (Wildman–Crippen MR) is 112 cm³/mol. The summed E-state index contributed by atoms with van der Waals surface area (Å²) in [5.74, 6) is -0.431. The largest absolute Gasteiger partial charge is 0.453 e. The number of methoxy groups -OCH3 is 1. The molecule has 9 heteroatoms. The topological polar surface area (TPSA) is 86.8 Å². The summed E-state index contributed by atoms with van der Waals surface area (Å²) in [6, 6.07) is 7.48. The van der Waals surface area contributed by atoms with Crippen LogP contribution in [0.25, 0.3) is 0 Å². The molecule has 8 nitrogen and oxygen atoms in total.